The number of rotatable bonds is 5. The lowest BCUT2D eigenvalue weighted by atomic mass is 10.2. The van der Waals surface area contributed by atoms with Gasteiger partial charge in [-0.15, -0.1) is 11.8 Å². The first-order chi connectivity index (χ1) is 10.8. The van der Waals surface area contributed by atoms with Crippen LogP contribution in [0.25, 0.3) is 0 Å². The summed E-state index contributed by atoms with van der Waals surface area (Å²) in [6.07, 6.45) is 0.716. The number of sulfonamides is 1. The van der Waals surface area contributed by atoms with Gasteiger partial charge in [0.15, 0.2) is 0 Å². The lowest BCUT2D eigenvalue weighted by Crippen LogP contribution is -2.49. The van der Waals surface area contributed by atoms with Gasteiger partial charge in [0.05, 0.1) is 10.8 Å². The molecule has 128 valence electrons. The van der Waals surface area contributed by atoms with Crippen LogP contribution in [0.15, 0.2) is 23.1 Å². The molecule has 1 amide bonds. The zero-order valence-corrected chi connectivity index (χ0v) is 14.4. The Balaban J connectivity index is 2.29. The van der Waals surface area contributed by atoms with Crippen molar-refractivity contribution >= 4 is 27.7 Å². The van der Waals surface area contributed by atoms with Gasteiger partial charge in [0.25, 0.3) is 0 Å². The smallest absolute Gasteiger partial charge is 0.244 e. The Labute approximate surface area is 138 Å². The lowest BCUT2D eigenvalue weighted by molar-refractivity contribution is -0.124. The SMILES string of the molecule is CC[C@H](C)NC(=O)[C@@H]1CSCN1S(=O)(=O)c1cc(F)cc(F)c1. The van der Waals surface area contributed by atoms with Crippen molar-refractivity contribution in [1.29, 1.82) is 0 Å². The molecule has 1 aromatic carbocycles. The highest BCUT2D eigenvalue weighted by Crippen LogP contribution is 2.29. The fraction of sp³-hybridized carbons (Fsp3) is 0.500. The van der Waals surface area contributed by atoms with Crippen LogP contribution in [0.1, 0.15) is 20.3 Å². The molecule has 1 fully saturated rings. The van der Waals surface area contributed by atoms with E-state index in [-0.39, 0.29) is 11.9 Å². The number of amides is 1. The van der Waals surface area contributed by atoms with Crippen LogP contribution >= 0.6 is 11.8 Å². The zero-order chi connectivity index (χ0) is 17.2. The van der Waals surface area contributed by atoms with Crippen LogP contribution in [0.4, 0.5) is 8.78 Å². The van der Waals surface area contributed by atoms with E-state index in [0.29, 0.717) is 18.2 Å². The zero-order valence-electron chi connectivity index (χ0n) is 12.8. The van der Waals surface area contributed by atoms with E-state index < -0.39 is 38.5 Å². The summed E-state index contributed by atoms with van der Waals surface area (Å²) in [6, 6.07) is 1.15. The molecule has 0 unspecified atom stereocenters. The molecule has 1 N–H and O–H groups in total. The van der Waals surface area contributed by atoms with Gasteiger partial charge in [-0.05, 0) is 25.5 Å². The Morgan fingerprint density at radius 1 is 1.39 bits per heavy atom. The number of hydrogen-bond acceptors (Lipinski definition) is 4. The van der Waals surface area contributed by atoms with Crippen LogP contribution in [0, 0.1) is 11.6 Å². The average molecular weight is 364 g/mol. The molecule has 9 heteroatoms. The molecular formula is C14H18F2N2O3S2. The van der Waals surface area contributed by atoms with Crippen molar-refractivity contribution in [2.24, 2.45) is 0 Å². The maximum Gasteiger partial charge on any atom is 0.244 e. The maximum atomic E-state index is 13.3. The number of carbonyl (C=O) groups excluding carboxylic acids is 1. The molecule has 23 heavy (non-hydrogen) atoms. The Kier molecular flexibility index (Phi) is 5.64. The minimum Gasteiger partial charge on any atom is -0.352 e. The predicted molar refractivity (Wildman–Crippen MR) is 84.4 cm³/mol. The second-order valence-electron chi connectivity index (χ2n) is 5.33. The van der Waals surface area contributed by atoms with E-state index in [2.05, 4.69) is 5.32 Å². The monoisotopic (exact) mass is 364 g/mol. The molecular weight excluding hydrogens is 346 g/mol. The molecule has 5 nitrogen and oxygen atoms in total. The van der Waals surface area contributed by atoms with Gasteiger partial charge >= 0.3 is 0 Å². The minimum atomic E-state index is -4.15. The van der Waals surface area contributed by atoms with Crippen molar-refractivity contribution in [1.82, 2.24) is 9.62 Å². The normalized spacial score (nSPS) is 20.4. The summed E-state index contributed by atoms with van der Waals surface area (Å²) in [5.41, 5.74) is 0. The molecule has 0 saturated carbocycles. The Morgan fingerprint density at radius 3 is 2.57 bits per heavy atom. The summed E-state index contributed by atoms with van der Waals surface area (Å²) in [7, 11) is -4.15. The van der Waals surface area contributed by atoms with Gasteiger partial charge in [-0.1, -0.05) is 6.92 Å². The third kappa shape index (κ3) is 4.02. The van der Waals surface area contributed by atoms with Gasteiger partial charge in [0.1, 0.15) is 17.7 Å². The van der Waals surface area contributed by atoms with E-state index in [4.69, 9.17) is 0 Å². The summed E-state index contributed by atoms with van der Waals surface area (Å²) in [5.74, 6) is -1.98. The topological polar surface area (TPSA) is 66.5 Å². The summed E-state index contributed by atoms with van der Waals surface area (Å²) >= 11 is 1.28. The van der Waals surface area contributed by atoms with Crippen LogP contribution in [-0.4, -0.2) is 42.3 Å². The number of halogens is 2. The van der Waals surface area contributed by atoms with Gasteiger partial charge in [0, 0.05) is 17.9 Å². The highest BCUT2D eigenvalue weighted by atomic mass is 32.2. The third-order valence-electron chi connectivity index (χ3n) is 3.59. The summed E-state index contributed by atoms with van der Waals surface area (Å²) in [5, 5.41) is 2.74. The highest BCUT2D eigenvalue weighted by Gasteiger charge is 2.40. The van der Waals surface area contributed by atoms with Crippen molar-refractivity contribution in [3.8, 4) is 0 Å². The Bertz CT molecular complexity index is 677. The van der Waals surface area contributed by atoms with E-state index in [9.17, 15) is 22.0 Å². The first kappa shape index (κ1) is 18.2. The molecule has 1 aromatic rings. The van der Waals surface area contributed by atoms with Crippen LogP contribution in [0.5, 0.6) is 0 Å². The molecule has 2 atom stereocenters. The van der Waals surface area contributed by atoms with E-state index in [1.807, 2.05) is 13.8 Å². The molecule has 0 radical (unpaired) electrons. The van der Waals surface area contributed by atoms with Crippen molar-refractivity contribution in [2.75, 3.05) is 11.6 Å². The first-order valence-corrected chi connectivity index (χ1v) is 9.71. The van der Waals surface area contributed by atoms with Gasteiger partial charge in [-0.2, -0.15) is 4.31 Å². The van der Waals surface area contributed by atoms with E-state index in [1.54, 1.807) is 0 Å². The molecule has 1 aliphatic heterocycles. The first-order valence-electron chi connectivity index (χ1n) is 7.11. The van der Waals surface area contributed by atoms with Crippen molar-refractivity contribution < 1.29 is 22.0 Å². The fourth-order valence-corrected chi connectivity index (χ4v) is 5.32. The number of nitrogens with one attached hydrogen (secondary N) is 1. The van der Waals surface area contributed by atoms with Crippen molar-refractivity contribution in [3.63, 3.8) is 0 Å². The van der Waals surface area contributed by atoms with Crippen LogP contribution in [-0.2, 0) is 14.8 Å². The molecule has 0 bridgehead atoms. The van der Waals surface area contributed by atoms with E-state index >= 15 is 0 Å². The lowest BCUT2D eigenvalue weighted by Gasteiger charge is -2.24. The van der Waals surface area contributed by atoms with E-state index in [1.165, 1.54) is 11.8 Å². The quantitative estimate of drug-likeness (QED) is 0.867. The Hall–Kier alpha value is -1.19. The molecule has 0 spiro atoms. The fourth-order valence-electron chi connectivity index (χ4n) is 2.12. The molecule has 2 rings (SSSR count). The second kappa shape index (κ2) is 7.14. The number of thioether (sulfide) groups is 1. The minimum absolute atomic E-state index is 0.0685. The highest BCUT2D eigenvalue weighted by molar-refractivity contribution is 8.00. The van der Waals surface area contributed by atoms with Gasteiger partial charge in [-0.25, -0.2) is 17.2 Å². The van der Waals surface area contributed by atoms with Gasteiger partial charge < -0.3 is 5.32 Å². The average Bonchev–Trinajstić information content (AvgIpc) is 2.96. The van der Waals surface area contributed by atoms with Crippen molar-refractivity contribution in [3.05, 3.63) is 29.8 Å². The molecule has 0 aromatic heterocycles. The number of hydrogen-bond donors (Lipinski definition) is 1. The molecule has 1 heterocycles. The maximum absolute atomic E-state index is 13.3. The summed E-state index contributed by atoms with van der Waals surface area (Å²) < 4.78 is 52.8. The predicted octanol–water partition coefficient (Wildman–Crippen LogP) is 1.94. The van der Waals surface area contributed by atoms with E-state index in [0.717, 1.165) is 16.4 Å². The Morgan fingerprint density at radius 2 is 2.00 bits per heavy atom. The summed E-state index contributed by atoms with van der Waals surface area (Å²) in [4.78, 5) is 11.8. The van der Waals surface area contributed by atoms with Gasteiger partial charge in [-0.3, -0.25) is 4.79 Å². The number of carbonyl (C=O) groups is 1. The third-order valence-corrected chi connectivity index (χ3v) is 6.60. The number of benzene rings is 1. The largest absolute Gasteiger partial charge is 0.352 e. The summed E-state index contributed by atoms with van der Waals surface area (Å²) in [6.45, 7) is 3.72. The van der Waals surface area contributed by atoms with Gasteiger partial charge in [0.2, 0.25) is 15.9 Å². The van der Waals surface area contributed by atoms with Crippen LogP contribution < -0.4 is 5.32 Å². The van der Waals surface area contributed by atoms with Crippen LogP contribution in [0.3, 0.4) is 0 Å². The molecule has 0 aliphatic carbocycles. The molecule has 1 aliphatic rings. The standard InChI is InChI=1S/C14H18F2N2O3S2/c1-3-9(2)17-14(19)13-7-22-8-18(13)23(20,21)12-5-10(15)4-11(16)6-12/h4-6,9,13H,3,7-8H2,1-2H3,(H,17,19)/t9-,13-/m0/s1. The molecule has 1 saturated heterocycles. The van der Waals surface area contributed by atoms with Crippen molar-refractivity contribution in [2.45, 2.75) is 37.2 Å². The second-order valence-corrected chi connectivity index (χ2v) is 8.22. The van der Waals surface area contributed by atoms with Crippen LogP contribution in [0.2, 0.25) is 0 Å². The number of nitrogens with zero attached hydrogens (tertiary/aromatic N) is 1.